The maximum absolute atomic E-state index is 5.77. The molecule has 0 aliphatic heterocycles. The molecule has 1 nitrogen and oxygen atoms in total. The standard InChI is InChI=1S/C11H17O.2ClH.Ti/c1-9(12-11(2,3)4)10-7-5-6-8-10;;;/h5,7,9H,6H2,1-4H3;2*1H;/q-1;;;. The van der Waals surface area contributed by atoms with Crippen LogP contribution in [0.5, 0.6) is 0 Å². The van der Waals surface area contributed by atoms with E-state index < -0.39 is 0 Å². The summed E-state index contributed by atoms with van der Waals surface area (Å²) in [6.07, 6.45) is 8.57. The van der Waals surface area contributed by atoms with E-state index in [1.165, 1.54) is 5.57 Å². The smallest absolute Gasteiger partial charge is 0.0605 e. The first-order valence-electron chi connectivity index (χ1n) is 4.44. The van der Waals surface area contributed by atoms with Crippen LogP contribution in [0.15, 0.2) is 17.7 Å². The number of rotatable bonds is 2. The Kier molecular flexibility index (Phi) is 12.4. The molecule has 1 atom stereocenters. The van der Waals surface area contributed by atoms with Gasteiger partial charge >= 0.3 is 0 Å². The van der Waals surface area contributed by atoms with E-state index in [0.29, 0.717) is 0 Å². The van der Waals surface area contributed by atoms with E-state index in [1.807, 2.05) is 0 Å². The monoisotopic (exact) mass is 285 g/mol. The zero-order chi connectivity index (χ0) is 9.19. The van der Waals surface area contributed by atoms with Crippen LogP contribution in [0.1, 0.15) is 34.1 Å². The van der Waals surface area contributed by atoms with Gasteiger partial charge in [0.1, 0.15) is 0 Å². The fourth-order valence-corrected chi connectivity index (χ4v) is 1.29. The number of halogens is 2. The molecule has 0 saturated carbocycles. The van der Waals surface area contributed by atoms with Gasteiger partial charge in [0.25, 0.3) is 0 Å². The quantitative estimate of drug-likeness (QED) is 0.555. The van der Waals surface area contributed by atoms with Gasteiger partial charge < -0.3 is 4.74 Å². The average molecular weight is 286 g/mol. The Balaban J connectivity index is -0.000000480. The second kappa shape index (κ2) is 8.84. The molecule has 15 heavy (non-hydrogen) atoms. The van der Waals surface area contributed by atoms with Crippen molar-refractivity contribution >= 4 is 24.8 Å². The van der Waals surface area contributed by atoms with E-state index in [4.69, 9.17) is 4.74 Å². The molecule has 0 fully saturated rings. The third-order valence-corrected chi connectivity index (χ3v) is 1.69. The summed E-state index contributed by atoms with van der Waals surface area (Å²) >= 11 is 0. The zero-order valence-electron chi connectivity index (χ0n) is 9.66. The van der Waals surface area contributed by atoms with Crippen LogP contribution in [0.25, 0.3) is 0 Å². The van der Waals surface area contributed by atoms with Crippen molar-refractivity contribution in [2.24, 2.45) is 0 Å². The van der Waals surface area contributed by atoms with Crippen molar-refractivity contribution < 1.29 is 26.5 Å². The van der Waals surface area contributed by atoms with E-state index in [9.17, 15) is 0 Å². The van der Waals surface area contributed by atoms with Gasteiger partial charge in [-0.2, -0.15) is 11.6 Å². The van der Waals surface area contributed by atoms with Crippen molar-refractivity contribution in [1.29, 1.82) is 0 Å². The molecule has 1 rings (SSSR count). The summed E-state index contributed by atoms with van der Waals surface area (Å²) < 4.78 is 5.77. The van der Waals surface area contributed by atoms with Crippen LogP contribution in [0, 0.1) is 6.08 Å². The average Bonchev–Trinajstić information content (AvgIpc) is 2.32. The Labute approximate surface area is 120 Å². The number of ether oxygens (including phenoxy) is 1. The molecule has 0 radical (unpaired) electrons. The molecule has 0 spiro atoms. The Morgan fingerprint density at radius 2 is 1.87 bits per heavy atom. The summed E-state index contributed by atoms with van der Waals surface area (Å²) in [5.41, 5.74) is 1.12. The van der Waals surface area contributed by atoms with E-state index >= 15 is 0 Å². The minimum atomic E-state index is -0.0650. The normalized spacial score (nSPS) is 15.6. The molecule has 1 aliphatic carbocycles. The molecule has 0 amide bonds. The largest absolute Gasteiger partial charge is 0.371 e. The van der Waals surface area contributed by atoms with E-state index in [0.717, 1.165) is 6.42 Å². The Hall–Kier alpha value is 0.734. The second-order valence-electron chi connectivity index (χ2n) is 4.11. The van der Waals surface area contributed by atoms with Gasteiger partial charge in [-0.3, -0.25) is 6.08 Å². The molecule has 0 aromatic carbocycles. The van der Waals surface area contributed by atoms with Crippen molar-refractivity contribution in [3.05, 3.63) is 23.8 Å². The third-order valence-electron chi connectivity index (χ3n) is 1.69. The van der Waals surface area contributed by atoms with Gasteiger partial charge in [-0.25, -0.2) is 6.08 Å². The molecule has 1 aliphatic rings. The number of allylic oxidation sites excluding steroid dienone is 2. The van der Waals surface area contributed by atoms with Gasteiger partial charge in [0.2, 0.25) is 0 Å². The minimum Gasteiger partial charge on any atom is -0.371 e. The van der Waals surface area contributed by atoms with E-state index in [-0.39, 0.29) is 58.2 Å². The van der Waals surface area contributed by atoms with Gasteiger partial charge in [0.05, 0.1) is 5.60 Å². The Morgan fingerprint density at radius 3 is 2.20 bits per heavy atom. The second-order valence-corrected chi connectivity index (χ2v) is 4.11. The summed E-state index contributed by atoms with van der Waals surface area (Å²) in [6.45, 7) is 8.29. The zero-order valence-corrected chi connectivity index (χ0v) is 12.9. The van der Waals surface area contributed by atoms with Gasteiger partial charge in [0.15, 0.2) is 0 Å². The minimum absolute atomic E-state index is 0. The summed E-state index contributed by atoms with van der Waals surface area (Å²) in [6, 6.07) is 0. The van der Waals surface area contributed by atoms with Crippen molar-refractivity contribution in [2.45, 2.75) is 45.8 Å². The van der Waals surface area contributed by atoms with E-state index in [1.54, 1.807) is 0 Å². The molecule has 0 bridgehead atoms. The Morgan fingerprint density at radius 1 is 1.33 bits per heavy atom. The maximum atomic E-state index is 5.77. The fraction of sp³-hybridized carbons (Fsp3) is 0.636. The summed E-state index contributed by atoms with van der Waals surface area (Å²) in [5.74, 6) is 0. The SMILES string of the molecule is CC(OC(C)(C)C)C1=[C-]CC=C1.Cl.Cl.[Ti]. The topological polar surface area (TPSA) is 9.23 Å². The fourth-order valence-electron chi connectivity index (χ4n) is 1.29. The van der Waals surface area contributed by atoms with Crippen molar-refractivity contribution in [3.8, 4) is 0 Å². The molecule has 4 heteroatoms. The van der Waals surface area contributed by atoms with Gasteiger partial charge in [-0.15, -0.1) is 31.2 Å². The molecule has 0 saturated heterocycles. The van der Waals surface area contributed by atoms with Crippen LogP contribution in [0.4, 0.5) is 0 Å². The molecule has 1 unspecified atom stereocenters. The molecule has 0 aromatic rings. The summed E-state index contributed by atoms with van der Waals surface area (Å²) in [7, 11) is 0. The van der Waals surface area contributed by atoms with Gasteiger partial charge in [0, 0.05) is 27.8 Å². The van der Waals surface area contributed by atoms with Gasteiger partial charge in [-0.05, 0) is 27.7 Å². The first-order valence-corrected chi connectivity index (χ1v) is 4.44. The van der Waals surface area contributed by atoms with Crippen LogP contribution >= 0.6 is 24.8 Å². The van der Waals surface area contributed by atoms with Crippen LogP contribution in [-0.2, 0) is 26.5 Å². The van der Waals surface area contributed by atoms with E-state index in [2.05, 4.69) is 45.9 Å². The van der Waals surface area contributed by atoms with Crippen LogP contribution in [0.3, 0.4) is 0 Å². The summed E-state index contributed by atoms with van der Waals surface area (Å²) in [5, 5.41) is 0. The van der Waals surface area contributed by atoms with Crippen LogP contribution < -0.4 is 0 Å². The molecular weight excluding hydrogens is 267 g/mol. The summed E-state index contributed by atoms with van der Waals surface area (Å²) in [4.78, 5) is 0. The Bertz CT molecular complexity index is 219. The predicted molar refractivity (Wildman–Crippen MR) is 65.3 cm³/mol. The third kappa shape index (κ3) is 8.53. The van der Waals surface area contributed by atoms with Crippen molar-refractivity contribution in [3.63, 3.8) is 0 Å². The first-order chi connectivity index (χ1) is 5.49. The predicted octanol–water partition coefficient (Wildman–Crippen LogP) is 3.72. The number of hydrogen-bond donors (Lipinski definition) is 0. The molecule has 88 valence electrons. The van der Waals surface area contributed by atoms with Crippen LogP contribution in [0.2, 0.25) is 0 Å². The molecule has 0 heterocycles. The molecule has 0 N–H and O–H groups in total. The maximum Gasteiger partial charge on any atom is 0.0605 e. The molecule has 0 aromatic heterocycles. The molecular formula is C11H19Cl2OTi-. The van der Waals surface area contributed by atoms with Gasteiger partial charge in [-0.1, -0.05) is 0 Å². The van der Waals surface area contributed by atoms with Crippen LogP contribution in [-0.4, -0.2) is 11.7 Å². The van der Waals surface area contributed by atoms with Crippen molar-refractivity contribution in [1.82, 2.24) is 0 Å². The number of hydrogen-bond acceptors (Lipinski definition) is 1. The first kappa shape index (κ1) is 21.1. The van der Waals surface area contributed by atoms with Crippen molar-refractivity contribution in [2.75, 3.05) is 0 Å².